The van der Waals surface area contributed by atoms with E-state index in [-0.39, 0.29) is 29.9 Å². The van der Waals surface area contributed by atoms with E-state index in [1.54, 1.807) is 0 Å². The summed E-state index contributed by atoms with van der Waals surface area (Å²) in [5, 5.41) is 15.3. The highest BCUT2D eigenvalue weighted by Crippen LogP contribution is 2.30. The Bertz CT molecular complexity index is 751. The average molecular weight is 308 g/mol. The third-order valence-electron chi connectivity index (χ3n) is 4.46. The molecular weight excluding hydrogens is 288 g/mol. The molecule has 0 amide bonds. The van der Waals surface area contributed by atoms with Crippen molar-refractivity contribution in [2.75, 3.05) is 18.1 Å². The van der Waals surface area contributed by atoms with E-state index in [9.17, 15) is 13.5 Å². The number of hydrogen-bond acceptors (Lipinski definition) is 4. The van der Waals surface area contributed by atoms with Crippen molar-refractivity contribution < 1.29 is 13.5 Å². The Kier molecular flexibility index (Phi) is 3.75. The van der Waals surface area contributed by atoms with E-state index in [2.05, 4.69) is 5.10 Å². The van der Waals surface area contributed by atoms with Gasteiger partial charge >= 0.3 is 0 Å². The van der Waals surface area contributed by atoms with Crippen LogP contribution in [0, 0.1) is 11.8 Å². The quantitative estimate of drug-likeness (QED) is 0.920. The second kappa shape index (κ2) is 5.42. The van der Waals surface area contributed by atoms with E-state index in [0.29, 0.717) is 12.8 Å². The molecule has 1 aliphatic rings. The molecule has 3 rings (SSSR count). The molecule has 2 atom stereocenters. The Labute approximate surface area is 124 Å². The van der Waals surface area contributed by atoms with Crippen molar-refractivity contribution in [2.24, 2.45) is 18.9 Å². The van der Waals surface area contributed by atoms with Gasteiger partial charge in [0.05, 0.1) is 22.7 Å². The molecule has 1 aliphatic heterocycles. The number of fused-ring (bicyclic) bond motifs is 1. The summed E-state index contributed by atoms with van der Waals surface area (Å²) < 4.78 is 25.1. The van der Waals surface area contributed by atoms with Gasteiger partial charge in [-0.15, -0.1) is 0 Å². The minimum absolute atomic E-state index is 0.00505. The molecule has 5 nitrogen and oxygen atoms in total. The number of aliphatic hydroxyl groups is 1. The van der Waals surface area contributed by atoms with Gasteiger partial charge in [0.1, 0.15) is 0 Å². The van der Waals surface area contributed by atoms with Gasteiger partial charge in [0.2, 0.25) is 0 Å². The fraction of sp³-hybridized carbons (Fsp3) is 0.533. The summed E-state index contributed by atoms with van der Waals surface area (Å²) >= 11 is 0. The van der Waals surface area contributed by atoms with Crippen LogP contribution in [0.5, 0.6) is 0 Å². The number of aliphatic hydroxyl groups excluding tert-OH is 1. The summed E-state index contributed by atoms with van der Waals surface area (Å²) in [5.74, 6) is 0.446. The first-order chi connectivity index (χ1) is 10.00. The largest absolute Gasteiger partial charge is 0.396 e. The molecule has 0 spiro atoms. The molecule has 0 bridgehead atoms. The number of aromatic nitrogens is 2. The first kappa shape index (κ1) is 14.5. The third kappa shape index (κ3) is 2.82. The van der Waals surface area contributed by atoms with Crippen LogP contribution < -0.4 is 0 Å². The summed E-state index contributed by atoms with van der Waals surface area (Å²) in [6.45, 7) is 0.00505. The van der Waals surface area contributed by atoms with Crippen LogP contribution >= 0.6 is 0 Å². The van der Waals surface area contributed by atoms with Gasteiger partial charge in [-0.25, -0.2) is 8.42 Å². The van der Waals surface area contributed by atoms with Crippen LogP contribution in [0.4, 0.5) is 0 Å². The molecule has 21 heavy (non-hydrogen) atoms. The predicted molar refractivity (Wildman–Crippen MR) is 81.8 cm³/mol. The number of hydrogen-bond donors (Lipinski definition) is 1. The Morgan fingerprint density at radius 3 is 2.86 bits per heavy atom. The van der Waals surface area contributed by atoms with E-state index >= 15 is 0 Å². The highest BCUT2D eigenvalue weighted by Gasteiger charge is 2.34. The molecule has 0 saturated carbocycles. The average Bonchev–Trinajstić information content (AvgIpc) is 2.97. The van der Waals surface area contributed by atoms with Crippen LogP contribution in [0.15, 0.2) is 24.3 Å². The van der Waals surface area contributed by atoms with E-state index in [1.807, 2.05) is 36.0 Å². The summed E-state index contributed by atoms with van der Waals surface area (Å²) in [7, 11) is -1.01. The number of rotatable bonds is 4. The smallest absolute Gasteiger partial charge is 0.150 e. The molecule has 1 fully saturated rings. The summed E-state index contributed by atoms with van der Waals surface area (Å²) in [4.78, 5) is 0. The fourth-order valence-corrected chi connectivity index (χ4v) is 5.18. The van der Waals surface area contributed by atoms with Gasteiger partial charge in [0.15, 0.2) is 9.84 Å². The second-order valence-electron chi connectivity index (χ2n) is 5.90. The maximum Gasteiger partial charge on any atom is 0.150 e. The summed E-state index contributed by atoms with van der Waals surface area (Å²) in [6, 6.07) is 7.99. The monoisotopic (exact) mass is 308 g/mol. The lowest BCUT2D eigenvalue weighted by atomic mass is 9.88. The van der Waals surface area contributed by atoms with Crippen molar-refractivity contribution in [3.63, 3.8) is 0 Å². The molecule has 2 aromatic rings. The molecule has 2 unspecified atom stereocenters. The van der Waals surface area contributed by atoms with Gasteiger partial charge in [-0.2, -0.15) is 5.10 Å². The van der Waals surface area contributed by atoms with Crippen molar-refractivity contribution in [3.05, 3.63) is 30.0 Å². The van der Waals surface area contributed by atoms with E-state index < -0.39 is 9.84 Å². The zero-order chi connectivity index (χ0) is 15.0. The standard InChI is InChI=1S/C15H20N2O3S/c1-17-15-5-3-2-4-13(15)14(16-17)8-12(9-18)11-6-7-21(19,20)10-11/h2-5,11-12,18H,6-10H2,1H3. The third-order valence-corrected chi connectivity index (χ3v) is 6.25. The van der Waals surface area contributed by atoms with Gasteiger partial charge in [-0.1, -0.05) is 18.2 Å². The summed E-state index contributed by atoms with van der Waals surface area (Å²) in [6.07, 6.45) is 1.27. The lowest BCUT2D eigenvalue weighted by Gasteiger charge is -2.19. The zero-order valence-corrected chi connectivity index (χ0v) is 12.9. The van der Waals surface area contributed by atoms with Crippen molar-refractivity contribution in [1.29, 1.82) is 0 Å². The van der Waals surface area contributed by atoms with Crippen LogP contribution in [-0.4, -0.2) is 41.4 Å². The van der Waals surface area contributed by atoms with Crippen LogP contribution in [0.25, 0.3) is 10.9 Å². The topological polar surface area (TPSA) is 72.2 Å². The van der Waals surface area contributed by atoms with Crippen molar-refractivity contribution >= 4 is 20.7 Å². The molecule has 0 radical (unpaired) electrons. The Morgan fingerprint density at radius 1 is 1.43 bits per heavy atom. The SMILES string of the molecule is Cn1nc(CC(CO)C2CCS(=O)(=O)C2)c2ccccc21. The van der Waals surface area contributed by atoms with Crippen LogP contribution in [0.3, 0.4) is 0 Å². The molecule has 114 valence electrons. The van der Waals surface area contributed by atoms with Gasteiger partial charge in [0.25, 0.3) is 0 Å². The van der Waals surface area contributed by atoms with Crippen LogP contribution in [-0.2, 0) is 23.3 Å². The Balaban J connectivity index is 1.86. The molecule has 1 saturated heterocycles. The van der Waals surface area contributed by atoms with Gasteiger partial charge < -0.3 is 5.11 Å². The number of benzene rings is 1. The maximum absolute atomic E-state index is 11.6. The summed E-state index contributed by atoms with van der Waals surface area (Å²) in [5.41, 5.74) is 2.00. The molecule has 0 aliphatic carbocycles. The fourth-order valence-electron chi connectivity index (χ4n) is 3.26. The van der Waals surface area contributed by atoms with Crippen LogP contribution in [0.1, 0.15) is 12.1 Å². The number of sulfone groups is 1. The van der Waals surface area contributed by atoms with Crippen molar-refractivity contribution in [1.82, 2.24) is 9.78 Å². The second-order valence-corrected chi connectivity index (χ2v) is 8.13. The first-order valence-electron chi connectivity index (χ1n) is 7.22. The van der Waals surface area contributed by atoms with Crippen molar-refractivity contribution in [3.8, 4) is 0 Å². The zero-order valence-electron chi connectivity index (χ0n) is 12.1. The Hall–Kier alpha value is -1.40. The molecule has 6 heteroatoms. The first-order valence-corrected chi connectivity index (χ1v) is 9.04. The lowest BCUT2D eigenvalue weighted by Crippen LogP contribution is -2.22. The van der Waals surface area contributed by atoms with E-state index in [0.717, 1.165) is 16.6 Å². The highest BCUT2D eigenvalue weighted by atomic mass is 32.2. The molecular formula is C15H20N2O3S. The molecule has 1 aromatic carbocycles. The highest BCUT2D eigenvalue weighted by molar-refractivity contribution is 7.91. The van der Waals surface area contributed by atoms with Gasteiger partial charge in [-0.05, 0) is 30.7 Å². The predicted octanol–water partition coefficient (Wildman–Crippen LogP) is 1.16. The maximum atomic E-state index is 11.6. The van der Waals surface area contributed by atoms with E-state index in [4.69, 9.17) is 0 Å². The number of para-hydroxylation sites is 1. The van der Waals surface area contributed by atoms with Gasteiger partial charge in [0, 0.05) is 19.0 Å². The van der Waals surface area contributed by atoms with E-state index in [1.165, 1.54) is 0 Å². The normalized spacial score (nSPS) is 22.7. The van der Waals surface area contributed by atoms with Crippen LogP contribution in [0.2, 0.25) is 0 Å². The molecule has 1 N–H and O–H groups in total. The number of aryl methyl sites for hydroxylation is 1. The lowest BCUT2D eigenvalue weighted by molar-refractivity contribution is 0.183. The number of nitrogens with zero attached hydrogens (tertiary/aromatic N) is 2. The minimum atomic E-state index is -2.92. The Morgan fingerprint density at radius 2 is 2.19 bits per heavy atom. The minimum Gasteiger partial charge on any atom is -0.396 e. The molecule has 1 aromatic heterocycles. The molecule has 2 heterocycles. The van der Waals surface area contributed by atoms with Gasteiger partial charge in [-0.3, -0.25) is 4.68 Å². The van der Waals surface area contributed by atoms with Crippen molar-refractivity contribution in [2.45, 2.75) is 12.8 Å².